The maximum absolute atomic E-state index is 13.7. The van der Waals surface area contributed by atoms with E-state index in [4.69, 9.17) is 19.9 Å². The number of carbonyl (C=O) groups is 2. The molecule has 0 saturated heterocycles. The van der Waals surface area contributed by atoms with Gasteiger partial charge in [-0.05, 0) is 74.4 Å². The third-order valence-corrected chi connectivity index (χ3v) is 7.96. The van der Waals surface area contributed by atoms with Crippen molar-refractivity contribution in [3.8, 4) is 17.2 Å². The summed E-state index contributed by atoms with van der Waals surface area (Å²) in [6, 6.07) is 16.7. The number of carbonyl (C=O) groups excluding carboxylic acids is 2. The second kappa shape index (κ2) is 14.7. The predicted octanol–water partition coefficient (Wildman–Crippen LogP) is 4.52. The molecule has 0 bridgehead atoms. The molecule has 1 unspecified atom stereocenters. The van der Waals surface area contributed by atoms with Crippen LogP contribution in [-0.4, -0.2) is 38.7 Å². The molecule has 2 amide bonds. The Kier molecular flexibility index (Phi) is 11.3. The van der Waals surface area contributed by atoms with Crippen LogP contribution in [0, 0.1) is 0 Å². The zero-order chi connectivity index (χ0) is 30.9. The minimum Gasteiger partial charge on any atom is -0.490 e. The van der Waals surface area contributed by atoms with Crippen LogP contribution in [0.3, 0.4) is 0 Å². The van der Waals surface area contributed by atoms with Crippen molar-refractivity contribution < 1.29 is 32.2 Å². The number of rotatable bonds is 14. The number of hydrogen-bond acceptors (Lipinski definition) is 8. The summed E-state index contributed by atoms with van der Waals surface area (Å²) in [6.07, 6.45) is -1.21. The number of ether oxygens (including phenoxy) is 3. The Bertz CT molecular complexity index is 1490. The highest BCUT2D eigenvalue weighted by Crippen LogP contribution is 2.33. The normalized spacial score (nSPS) is 12.0. The van der Waals surface area contributed by atoms with Crippen LogP contribution in [0.1, 0.15) is 57.4 Å². The monoisotopic (exact) mass is 597 g/mol. The van der Waals surface area contributed by atoms with Crippen LogP contribution in [0.15, 0.2) is 65.6 Å². The Morgan fingerprint density at radius 1 is 0.929 bits per heavy atom. The molecule has 3 aromatic rings. The van der Waals surface area contributed by atoms with E-state index in [1.54, 1.807) is 37.3 Å². The van der Waals surface area contributed by atoms with Gasteiger partial charge in [0.2, 0.25) is 12.0 Å². The van der Waals surface area contributed by atoms with Crippen molar-refractivity contribution in [2.75, 3.05) is 17.7 Å². The SMILES string of the molecule is CCOc1cc(C(Oc2ccc(CN)cc2)C(=O)NCc2cc(NC(C)=O)ccc2S(=O)(=O)CC)ccc1OC(C)C. The summed E-state index contributed by atoms with van der Waals surface area (Å²) in [5.41, 5.74) is 7.87. The van der Waals surface area contributed by atoms with Gasteiger partial charge in [0, 0.05) is 31.3 Å². The quantitative estimate of drug-likeness (QED) is 0.246. The Balaban J connectivity index is 1.99. The van der Waals surface area contributed by atoms with Crippen LogP contribution in [0.2, 0.25) is 0 Å². The van der Waals surface area contributed by atoms with E-state index in [-0.39, 0.29) is 29.2 Å². The first-order valence-corrected chi connectivity index (χ1v) is 15.4. The average molecular weight is 598 g/mol. The largest absolute Gasteiger partial charge is 0.490 e. The summed E-state index contributed by atoms with van der Waals surface area (Å²) in [5.74, 6) is 0.495. The molecule has 1 atom stereocenters. The van der Waals surface area contributed by atoms with Gasteiger partial charge >= 0.3 is 0 Å². The summed E-state index contributed by atoms with van der Waals surface area (Å²) in [7, 11) is -3.61. The third-order valence-electron chi connectivity index (χ3n) is 6.13. The molecule has 0 aliphatic carbocycles. The van der Waals surface area contributed by atoms with E-state index in [1.807, 2.05) is 32.9 Å². The van der Waals surface area contributed by atoms with Gasteiger partial charge in [0.25, 0.3) is 5.91 Å². The van der Waals surface area contributed by atoms with Gasteiger partial charge in [-0.1, -0.05) is 25.1 Å². The summed E-state index contributed by atoms with van der Waals surface area (Å²) >= 11 is 0. The standard InChI is InChI=1S/C31H39N3O7S/c1-6-39-28-17-23(10-14-27(28)40-20(3)4)30(41-26-12-8-22(18-32)9-13-26)31(36)33-19-24-16-25(34-21(5)35)11-15-29(24)42(37,38)7-2/h8-17,20,30H,6-7,18-19,32H2,1-5H3,(H,33,36)(H,34,35). The number of nitrogens with one attached hydrogen (secondary N) is 2. The van der Waals surface area contributed by atoms with Crippen LogP contribution in [0.25, 0.3) is 0 Å². The molecule has 0 aromatic heterocycles. The summed E-state index contributed by atoms with van der Waals surface area (Å²) in [6.45, 7) is 9.18. The Morgan fingerprint density at radius 2 is 1.64 bits per heavy atom. The van der Waals surface area contributed by atoms with Crippen LogP contribution in [-0.2, 0) is 32.5 Å². The predicted molar refractivity (Wildman–Crippen MR) is 161 cm³/mol. The van der Waals surface area contributed by atoms with Gasteiger partial charge in [-0.25, -0.2) is 8.42 Å². The van der Waals surface area contributed by atoms with Crippen molar-refractivity contribution in [1.82, 2.24) is 5.32 Å². The molecule has 226 valence electrons. The lowest BCUT2D eigenvalue weighted by Gasteiger charge is -2.22. The molecule has 10 nitrogen and oxygen atoms in total. The molecule has 0 saturated carbocycles. The molecule has 0 aliphatic heterocycles. The molecule has 0 aliphatic rings. The van der Waals surface area contributed by atoms with E-state index in [9.17, 15) is 18.0 Å². The smallest absolute Gasteiger partial charge is 0.266 e. The van der Waals surface area contributed by atoms with Crippen LogP contribution in [0.5, 0.6) is 17.2 Å². The number of sulfone groups is 1. The van der Waals surface area contributed by atoms with E-state index >= 15 is 0 Å². The van der Waals surface area contributed by atoms with Crippen molar-refractivity contribution in [2.45, 2.75) is 64.8 Å². The highest BCUT2D eigenvalue weighted by Gasteiger charge is 2.26. The minimum absolute atomic E-state index is 0.0723. The Morgan fingerprint density at radius 3 is 2.24 bits per heavy atom. The average Bonchev–Trinajstić information content (AvgIpc) is 2.95. The minimum atomic E-state index is -3.61. The molecule has 4 N–H and O–H groups in total. The molecule has 3 rings (SSSR count). The maximum Gasteiger partial charge on any atom is 0.266 e. The van der Waals surface area contributed by atoms with Gasteiger partial charge in [-0.2, -0.15) is 0 Å². The highest BCUT2D eigenvalue weighted by atomic mass is 32.2. The molecule has 3 aromatic carbocycles. The zero-order valence-electron chi connectivity index (χ0n) is 24.6. The highest BCUT2D eigenvalue weighted by molar-refractivity contribution is 7.91. The second-order valence-electron chi connectivity index (χ2n) is 9.78. The molecule has 11 heteroatoms. The number of anilines is 1. The van der Waals surface area contributed by atoms with Crippen molar-refractivity contribution in [1.29, 1.82) is 0 Å². The second-order valence-corrected chi connectivity index (χ2v) is 12.0. The van der Waals surface area contributed by atoms with E-state index in [1.165, 1.54) is 25.1 Å². The molecule has 0 fully saturated rings. The van der Waals surface area contributed by atoms with Crippen LogP contribution >= 0.6 is 0 Å². The first-order chi connectivity index (χ1) is 20.0. The van der Waals surface area contributed by atoms with Crippen molar-refractivity contribution in [3.05, 3.63) is 77.4 Å². The zero-order valence-corrected chi connectivity index (χ0v) is 25.4. The lowest BCUT2D eigenvalue weighted by Crippen LogP contribution is -2.32. The lowest BCUT2D eigenvalue weighted by atomic mass is 10.1. The number of hydrogen-bond donors (Lipinski definition) is 3. The van der Waals surface area contributed by atoms with E-state index in [0.29, 0.717) is 47.2 Å². The van der Waals surface area contributed by atoms with Gasteiger partial charge in [-0.3, -0.25) is 9.59 Å². The molecule has 0 spiro atoms. The van der Waals surface area contributed by atoms with Crippen molar-refractivity contribution in [3.63, 3.8) is 0 Å². The number of amides is 2. The summed E-state index contributed by atoms with van der Waals surface area (Å²) in [4.78, 5) is 25.4. The summed E-state index contributed by atoms with van der Waals surface area (Å²) in [5, 5.41) is 5.47. The third kappa shape index (κ3) is 8.70. The van der Waals surface area contributed by atoms with Gasteiger partial charge in [-0.15, -0.1) is 0 Å². The van der Waals surface area contributed by atoms with Gasteiger partial charge < -0.3 is 30.6 Å². The van der Waals surface area contributed by atoms with Crippen LogP contribution < -0.4 is 30.6 Å². The van der Waals surface area contributed by atoms with Gasteiger partial charge in [0.05, 0.1) is 23.4 Å². The Hall–Kier alpha value is -4.09. The first-order valence-electron chi connectivity index (χ1n) is 13.8. The fourth-order valence-electron chi connectivity index (χ4n) is 4.15. The van der Waals surface area contributed by atoms with Gasteiger partial charge in [0.15, 0.2) is 21.3 Å². The summed E-state index contributed by atoms with van der Waals surface area (Å²) < 4.78 is 43.4. The van der Waals surface area contributed by atoms with E-state index in [0.717, 1.165) is 5.56 Å². The molecule has 42 heavy (non-hydrogen) atoms. The molecular weight excluding hydrogens is 558 g/mol. The van der Waals surface area contributed by atoms with Crippen molar-refractivity contribution in [2.24, 2.45) is 5.73 Å². The Labute approximate surface area is 247 Å². The van der Waals surface area contributed by atoms with E-state index in [2.05, 4.69) is 10.6 Å². The first kappa shape index (κ1) is 32.4. The van der Waals surface area contributed by atoms with Gasteiger partial charge in [0.1, 0.15) is 5.75 Å². The maximum atomic E-state index is 13.7. The van der Waals surface area contributed by atoms with E-state index < -0.39 is 21.8 Å². The fourth-order valence-corrected chi connectivity index (χ4v) is 5.27. The fraction of sp³-hybridized carbons (Fsp3) is 0.355. The molecular formula is C31H39N3O7S. The number of benzene rings is 3. The topological polar surface area (TPSA) is 146 Å². The van der Waals surface area contributed by atoms with Crippen LogP contribution in [0.4, 0.5) is 5.69 Å². The van der Waals surface area contributed by atoms with Crippen molar-refractivity contribution >= 4 is 27.3 Å². The number of nitrogens with two attached hydrogens (primary N) is 1. The lowest BCUT2D eigenvalue weighted by molar-refractivity contribution is -0.128. The molecule has 0 heterocycles. The molecule has 0 radical (unpaired) electrons.